The lowest BCUT2D eigenvalue weighted by Gasteiger charge is -2.23. The standard InChI is InChI=1S/C21H21ClFN3O2/c1-2-16-12-26(11-13-3-4-14(22)9-19(13)28-16)21(27)8-7-20-24-17-6-5-15(23)10-18(17)25-20/h3-6,9-10,16H,2,7-8,11-12H2,1H3,(H,24,25). The molecule has 0 bridgehead atoms. The average Bonchev–Trinajstić information content (AvgIpc) is 2.98. The Kier molecular flexibility index (Phi) is 5.22. The number of hydrogen-bond acceptors (Lipinski definition) is 3. The van der Waals surface area contributed by atoms with Gasteiger partial charge in [0.05, 0.1) is 17.6 Å². The number of nitrogens with one attached hydrogen (secondary N) is 1. The monoisotopic (exact) mass is 401 g/mol. The van der Waals surface area contributed by atoms with Gasteiger partial charge in [-0.3, -0.25) is 4.79 Å². The van der Waals surface area contributed by atoms with Gasteiger partial charge in [0.25, 0.3) is 0 Å². The molecule has 7 heteroatoms. The molecule has 0 saturated carbocycles. The number of amides is 1. The van der Waals surface area contributed by atoms with Crippen LogP contribution in [0.15, 0.2) is 36.4 Å². The van der Waals surface area contributed by atoms with Crippen LogP contribution in [0.5, 0.6) is 5.75 Å². The number of benzene rings is 2. The number of fused-ring (bicyclic) bond motifs is 2. The number of hydrogen-bond donors (Lipinski definition) is 1. The third-order valence-electron chi connectivity index (χ3n) is 4.98. The first kappa shape index (κ1) is 18.7. The summed E-state index contributed by atoms with van der Waals surface area (Å²) in [5.41, 5.74) is 2.29. The van der Waals surface area contributed by atoms with Crippen molar-refractivity contribution < 1.29 is 13.9 Å². The van der Waals surface area contributed by atoms with Crippen molar-refractivity contribution in [1.82, 2.24) is 14.9 Å². The minimum atomic E-state index is -0.312. The lowest BCUT2D eigenvalue weighted by molar-refractivity contribution is -0.132. The third-order valence-corrected chi connectivity index (χ3v) is 5.22. The maximum Gasteiger partial charge on any atom is 0.223 e. The van der Waals surface area contributed by atoms with Crippen LogP contribution >= 0.6 is 11.6 Å². The van der Waals surface area contributed by atoms with Crippen LogP contribution in [0.3, 0.4) is 0 Å². The van der Waals surface area contributed by atoms with Crippen LogP contribution in [-0.2, 0) is 17.8 Å². The molecular weight excluding hydrogens is 381 g/mol. The van der Waals surface area contributed by atoms with E-state index >= 15 is 0 Å². The Morgan fingerprint density at radius 3 is 3.04 bits per heavy atom. The lowest BCUT2D eigenvalue weighted by Crippen LogP contribution is -2.37. The number of imidazole rings is 1. The summed E-state index contributed by atoms with van der Waals surface area (Å²) in [5, 5.41) is 0.620. The van der Waals surface area contributed by atoms with Crippen LogP contribution in [0.1, 0.15) is 31.2 Å². The van der Waals surface area contributed by atoms with E-state index in [0.717, 1.165) is 17.7 Å². The Morgan fingerprint density at radius 2 is 2.21 bits per heavy atom. The van der Waals surface area contributed by atoms with Crippen LogP contribution in [0.4, 0.5) is 4.39 Å². The molecule has 2 aromatic carbocycles. The number of H-pyrrole nitrogens is 1. The maximum absolute atomic E-state index is 13.3. The molecule has 1 aliphatic rings. The van der Waals surface area contributed by atoms with Crippen molar-refractivity contribution in [3.8, 4) is 5.75 Å². The molecule has 0 saturated heterocycles. The van der Waals surface area contributed by atoms with Crippen molar-refractivity contribution >= 4 is 28.5 Å². The minimum absolute atomic E-state index is 0.0384. The third kappa shape index (κ3) is 3.97. The van der Waals surface area contributed by atoms with E-state index in [0.29, 0.717) is 47.8 Å². The van der Waals surface area contributed by atoms with Gasteiger partial charge < -0.3 is 14.6 Å². The van der Waals surface area contributed by atoms with E-state index in [-0.39, 0.29) is 17.8 Å². The molecule has 1 atom stereocenters. The van der Waals surface area contributed by atoms with Gasteiger partial charge in [-0.1, -0.05) is 24.6 Å². The summed E-state index contributed by atoms with van der Waals surface area (Å²) >= 11 is 6.09. The predicted molar refractivity (Wildman–Crippen MR) is 106 cm³/mol. The quantitative estimate of drug-likeness (QED) is 0.700. The van der Waals surface area contributed by atoms with Crippen LogP contribution in [0, 0.1) is 5.82 Å². The maximum atomic E-state index is 13.3. The predicted octanol–water partition coefficient (Wildman–Crippen LogP) is 4.49. The molecule has 146 valence electrons. The molecular formula is C21H21ClFN3O2. The van der Waals surface area contributed by atoms with Crippen LogP contribution in [0.2, 0.25) is 5.02 Å². The molecule has 1 amide bonds. The van der Waals surface area contributed by atoms with E-state index in [9.17, 15) is 9.18 Å². The van der Waals surface area contributed by atoms with Crippen molar-refractivity contribution in [2.45, 2.75) is 38.8 Å². The van der Waals surface area contributed by atoms with Crippen molar-refractivity contribution in [3.63, 3.8) is 0 Å². The molecule has 2 heterocycles. The number of rotatable bonds is 4. The first-order valence-corrected chi connectivity index (χ1v) is 9.76. The summed E-state index contributed by atoms with van der Waals surface area (Å²) in [5.74, 6) is 1.15. The smallest absolute Gasteiger partial charge is 0.223 e. The van der Waals surface area contributed by atoms with Crippen LogP contribution < -0.4 is 4.74 Å². The largest absolute Gasteiger partial charge is 0.488 e. The molecule has 0 aliphatic carbocycles. The summed E-state index contributed by atoms with van der Waals surface area (Å²) in [6, 6.07) is 9.95. The number of aryl methyl sites for hydroxylation is 1. The van der Waals surface area contributed by atoms with Gasteiger partial charge in [-0.15, -0.1) is 0 Å². The number of aromatic amines is 1. The summed E-state index contributed by atoms with van der Waals surface area (Å²) < 4.78 is 19.4. The lowest BCUT2D eigenvalue weighted by atomic mass is 10.1. The Bertz CT molecular complexity index is 1020. The van der Waals surface area contributed by atoms with E-state index in [1.807, 2.05) is 24.0 Å². The highest BCUT2D eigenvalue weighted by Gasteiger charge is 2.25. The molecule has 3 aromatic rings. The molecule has 1 aromatic heterocycles. The first-order chi connectivity index (χ1) is 13.5. The molecule has 0 radical (unpaired) electrons. The van der Waals surface area contributed by atoms with E-state index < -0.39 is 0 Å². The second-order valence-corrected chi connectivity index (χ2v) is 7.46. The summed E-state index contributed by atoms with van der Waals surface area (Å²) in [6.07, 6.45) is 1.52. The van der Waals surface area contributed by atoms with Gasteiger partial charge in [0.1, 0.15) is 23.5 Å². The molecule has 1 aliphatic heterocycles. The summed E-state index contributed by atoms with van der Waals surface area (Å²) in [6.45, 7) is 3.07. The number of ether oxygens (including phenoxy) is 1. The Balaban J connectivity index is 1.47. The molecule has 0 fully saturated rings. The van der Waals surface area contributed by atoms with Gasteiger partial charge in [-0.2, -0.15) is 0 Å². The Hall–Kier alpha value is -2.60. The summed E-state index contributed by atoms with van der Waals surface area (Å²) in [4.78, 5) is 22.2. The number of nitrogens with zero attached hydrogens (tertiary/aromatic N) is 2. The van der Waals surface area contributed by atoms with Crippen molar-refractivity contribution in [3.05, 3.63) is 58.6 Å². The fourth-order valence-corrected chi connectivity index (χ4v) is 3.60. The highest BCUT2D eigenvalue weighted by atomic mass is 35.5. The van der Waals surface area contributed by atoms with Crippen LogP contribution in [-0.4, -0.2) is 33.4 Å². The Morgan fingerprint density at radius 1 is 1.36 bits per heavy atom. The van der Waals surface area contributed by atoms with E-state index in [4.69, 9.17) is 16.3 Å². The van der Waals surface area contributed by atoms with Crippen molar-refractivity contribution in [1.29, 1.82) is 0 Å². The zero-order chi connectivity index (χ0) is 19.7. The number of carbonyl (C=O) groups excluding carboxylic acids is 1. The van der Waals surface area contributed by atoms with Crippen molar-refractivity contribution in [2.24, 2.45) is 0 Å². The summed E-state index contributed by atoms with van der Waals surface area (Å²) in [7, 11) is 0. The van der Waals surface area contributed by atoms with Gasteiger partial charge in [-0.05, 0) is 36.8 Å². The van der Waals surface area contributed by atoms with Gasteiger partial charge >= 0.3 is 0 Å². The SMILES string of the molecule is CCC1CN(C(=O)CCc2nc3ccc(F)cc3[nH]2)Cc2ccc(Cl)cc2O1. The molecule has 1 unspecified atom stereocenters. The first-order valence-electron chi connectivity index (χ1n) is 9.39. The topological polar surface area (TPSA) is 58.2 Å². The van der Waals surface area contributed by atoms with Crippen molar-refractivity contribution in [2.75, 3.05) is 6.54 Å². The van der Waals surface area contributed by atoms with Crippen LogP contribution in [0.25, 0.3) is 11.0 Å². The Labute approximate surface area is 167 Å². The molecule has 1 N–H and O–H groups in total. The molecule has 0 spiro atoms. The van der Waals surface area contributed by atoms with Gasteiger partial charge in [0.15, 0.2) is 0 Å². The second-order valence-electron chi connectivity index (χ2n) is 7.02. The van der Waals surface area contributed by atoms with E-state index in [1.165, 1.54) is 12.1 Å². The van der Waals surface area contributed by atoms with Gasteiger partial charge in [0.2, 0.25) is 5.91 Å². The minimum Gasteiger partial charge on any atom is -0.488 e. The molecule has 28 heavy (non-hydrogen) atoms. The van der Waals surface area contributed by atoms with E-state index in [2.05, 4.69) is 9.97 Å². The molecule has 4 rings (SSSR count). The van der Waals surface area contributed by atoms with Gasteiger partial charge in [-0.25, -0.2) is 9.37 Å². The number of aromatic nitrogens is 2. The number of carbonyl (C=O) groups is 1. The fourth-order valence-electron chi connectivity index (χ4n) is 3.44. The highest BCUT2D eigenvalue weighted by Crippen LogP contribution is 2.29. The van der Waals surface area contributed by atoms with Gasteiger partial charge in [0, 0.05) is 30.0 Å². The normalized spacial score (nSPS) is 16.5. The molecule has 5 nitrogen and oxygen atoms in total. The average molecular weight is 402 g/mol. The zero-order valence-corrected chi connectivity index (χ0v) is 16.3. The second kappa shape index (κ2) is 7.80. The fraction of sp³-hybridized carbons (Fsp3) is 0.333. The highest BCUT2D eigenvalue weighted by molar-refractivity contribution is 6.30. The zero-order valence-electron chi connectivity index (χ0n) is 15.5. The number of halogens is 2. The van der Waals surface area contributed by atoms with E-state index in [1.54, 1.807) is 12.1 Å².